The van der Waals surface area contributed by atoms with Gasteiger partial charge in [-0.3, -0.25) is 4.79 Å². The maximum atomic E-state index is 11.1. The number of carboxylic acid groups (broad SMARTS) is 1. The van der Waals surface area contributed by atoms with Crippen molar-refractivity contribution >= 4 is 15.8 Å². The van der Waals surface area contributed by atoms with Crippen LogP contribution in [0.15, 0.2) is 0 Å². The third-order valence-corrected chi connectivity index (χ3v) is 3.37. The maximum absolute atomic E-state index is 11.1. The van der Waals surface area contributed by atoms with E-state index in [0.717, 1.165) is 6.42 Å². The lowest BCUT2D eigenvalue weighted by Gasteiger charge is -2.07. The number of carboxylic acids is 1. The Kier molecular flexibility index (Phi) is 3.27. The Morgan fingerprint density at radius 3 is 2.69 bits per heavy atom. The molecule has 0 saturated carbocycles. The van der Waals surface area contributed by atoms with Crippen LogP contribution in [-0.4, -0.2) is 43.7 Å². The fourth-order valence-electron chi connectivity index (χ4n) is 1.31. The molecule has 1 saturated heterocycles. The first-order valence-corrected chi connectivity index (χ1v) is 5.85. The summed E-state index contributed by atoms with van der Waals surface area (Å²) in [6.45, 7) is 0.577. The van der Waals surface area contributed by atoms with E-state index in [1.54, 1.807) is 0 Å². The van der Waals surface area contributed by atoms with Crippen molar-refractivity contribution in [3.63, 3.8) is 0 Å². The number of hydrogen-bond donors (Lipinski definition) is 1. The highest BCUT2D eigenvalue weighted by molar-refractivity contribution is 7.92. The van der Waals surface area contributed by atoms with Gasteiger partial charge in [0.2, 0.25) is 0 Å². The Morgan fingerprint density at radius 1 is 1.54 bits per heavy atom. The Balaban J connectivity index is 2.46. The summed E-state index contributed by atoms with van der Waals surface area (Å²) in [4.78, 5) is 10.2. The van der Waals surface area contributed by atoms with Crippen molar-refractivity contribution in [1.82, 2.24) is 0 Å². The van der Waals surface area contributed by atoms with E-state index in [1.807, 2.05) is 0 Å². The van der Waals surface area contributed by atoms with Crippen molar-refractivity contribution < 1.29 is 23.1 Å². The summed E-state index contributed by atoms with van der Waals surface area (Å²) in [5.74, 6) is -2.27. The summed E-state index contributed by atoms with van der Waals surface area (Å²) >= 11 is 0. The summed E-state index contributed by atoms with van der Waals surface area (Å²) < 4.78 is 27.4. The van der Waals surface area contributed by atoms with E-state index in [2.05, 4.69) is 0 Å². The zero-order chi connectivity index (χ0) is 9.90. The summed E-state index contributed by atoms with van der Waals surface area (Å²) in [5.41, 5.74) is 0. The number of aliphatic carboxylic acids is 1. The largest absolute Gasteiger partial charge is 0.480 e. The van der Waals surface area contributed by atoms with Gasteiger partial charge in [-0.2, -0.15) is 0 Å². The molecule has 0 aliphatic carbocycles. The Labute approximate surface area is 76.6 Å². The smallest absolute Gasteiger partial charge is 0.318 e. The molecule has 1 aliphatic heterocycles. The highest BCUT2D eigenvalue weighted by Crippen LogP contribution is 2.14. The minimum absolute atomic E-state index is 0.167. The van der Waals surface area contributed by atoms with Crippen molar-refractivity contribution in [3.05, 3.63) is 0 Å². The standard InChI is InChI=1S/C7H12O5S/c8-7(9)5-13(10,11)4-6-2-1-3-12-6/h6H,1-5H2,(H,8,9). The van der Waals surface area contributed by atoms with Crippen molar-refractivity contribution in [2.45, 2.75) is 18.9 Å². The highest BCUT2D eigenvalue weighted by Gasteiger charge is 2.24. The molecule has 6 heteroatoms. The average molecular weight is 208 g/mol. The topological polar surface area (TPSA) is 80.7 Å². The lowest BCUT2D eigenvalue weighted by atomic mass is 10.3. The molecule has 1 aliphatic rings. The summed E-state index contributed by atoms with van der Waals surface area (Å²) in [6, 6.07) is 0. The lowest BCUT2D eigenvalue weighted by molar-refractivity contribution is -0.134. The number of sulfone groups is 1. The van der Waals surface area contributed by atoms with Gasteiger partial charge in [0.15, 0.2) is 9.84 Å². The lowest BCUT2D eigenvalue weighted by Crippen LogP contribution is -2.25. The van der Waals surface area contributed by atoms with Crippen LogP contribution >= 0.6 is 0 Å². The average Bonchev–Trinajstić information content (AvgIpc) is 2.34. The van der Waals surface area contributed by atoms with Gasteiger partial charge in [0.25, 0.3) is 0 Å². The normalized spacial score (nSPS) is 23.2. The van der Waals surface area contributed by atoms with E-state index in [4.69, 9.17) is 9.84 Å². The molecule has 1 rings (SSSR count). The molecule has 0 radical (unpaired) electrons. The molecule has 13 heavy (non-hydrogen) atoms. The molecule has 1 N–H and O–H groups in total. The second-order valence-corrected chi connectivity index (χ2v) is 5.19. The molecule has 0 amide bonds. The van der Waals surface area contributed by atoms with E-state index in [-0.39, 0.29) is 11.9 Å². The third kappa shape index (κ3) is 3.73. The van der Waals surface area contributed by atoms with Crippen LogP contribution in [0.25, 0.3) is 0 Å². The van der Waals surface area contributed by atoms with E-state index in [0.29, 0.717) is 13.0 Å². The molecule has 1 atom stereocenters. The van der Waals surface area contributed by atoms with Crippen molar-refractivity contribution in [3.8, 4) is 0 Å². The first kappa shape index (κ1) is 10.5. The van der Waals surface area contributed by atoms with Crippen LogP contribution in [0.3, 0.4) is 0 Å². The molecule has 0 bridgehead atoms. The van der Waals surface area contributed by atoms with E-state index >= 15 is 0 Å². The number of carbonyl (C=O) groups is 1. The van der Waals surface area contributed by atoms with Gasteiger partial charge in [0, 0.05) is 6.61 Å². The van der Waals surface area contributed by atoms with Crippen LogP contribution in [-0.2, 0) is 19.4 Å². The molecule has 1 heterocycles. The Hall–Kier alpha value is -0.620. The molecular weight excluding hydrogens is 196 g/mol. The van der Waals surface area contributed by atoms with Crippen LogP contribution in [0.1, 0.15) is 12.8 Å². The zero-order valence-corrected chi connectivity index (χ0v) is 7.92. The van der Waals surface area contributed by atoms with E-state index < -0.39 is 21.6 Å². The SMILES string of the molecule is O=C(O)CS(=O)(=O)CC1CCCO1. The molecule has 0 aromatic heterocycles. The monoisotopic (exact) mass is 208 g/mol. The van der Waals surface area contributed by atoms with E-state index in [1.165, 1.54) is 0 Å². The first-order valence-electron chi connectivity index (χ1n) is 4.03. The van der Waals surface area contributed by atoms with Gasteiger partial charge in [-0.15, -0.1) is 0 Å². The quantitative estimate of drug-likeness (QED) is 0.684. The molecule has 1 unspecified atom stereocenters. The van der Waals surface area contributed by atoms with Gasteiger partial charge in [-0.1, -0.05) is 0 Å². The summed E-state index contributed by atoms with van der Waals surface area (Å²) in [7, 11) is -3.49. The molecule has 0 aromatic carbocycles. The first-order chi connectivity index (χ1) is 5.99. The van der Waals surface area contributed by atoms with Crippen LogP contribution < -0.4 is 0 Å². The number of rotatable bonds is 4. The van der Waals surface area contributed by atoms with Crippen LogP contribution in [0.5, 0.6) is 0 Å². The van der Waals surface area contributed by atoms with Crippen molar-refractivity contribution in [2.24, 2.45) is 0 Å². The van der Waals surface area contributed by atoms with Gasteiger partial charge in [0.05, 0.1) is 11.9 Å². The van der Waals surface area contributed by atoms with Crippen LogP contribution in [0.2, 0.25) is 0 Å². The van der Waals surface area contributed by atoms with Gasteiger partial charge in [-0.05, 0) is 12.8 Å². The maximum Gasteiger partial charge on any atom is 0.318 e. The van der Waals surface area contributed by atoms with Crippen LogP contribution in [0.4, 0.5) is 0 Å². The van der Waals surface area contributed by atoms with Crippen molar-refractivity contribution in [2.75, 3.05) is 18.1 Å². The molecular formula is C7H12O5S. The molecule has 1 fully saturated rings. The number of hydrogen-bond acceptors (Lipinski definition) is 4. The Morgan fingerprint density at radius 2 is 2.23 bits per heavy atom. The molecule has 5 nitrogen and oxygen atoms in total. The predicted molar refractivity (Wildman–Crippen MR) is 45.3 cm³/mol. The van der Waals surface area contributed by atoms with Gasteiger partial charge in [-0.25, -0.2) is 8.42 Å². The second kappa shape index (κ2) is 4.06. The third-order valence-electron chi connectivity index (χ3n) is 1.81. The zero-order valence-electron chi connectivity index (χ0n) is 7.10. The minimum Gasteiger partial charge on any atom is -0.480 e. The minimum atomic E-state index is -3.49. The second-order valence-electron chi connectivity index (χ2n) is 3.08. The van der Waals surface area contributed by atoms with Gasteiger partial charge in [0.1, 0.15) is 5.75 Å². The molecule has 0 spiro atoms. The molecule has 0 aromatic rings. The van der Waals surface area contributed by atoms with E-state index in [9.17, 15) is 13.2 Å². The fourth-order valence-corrected chi connectivity index (χ4v) is 2.63. The van der Waals surface area contributed by atoms with Crippen molar-refractivity contribution in [1.29, 1.82) is 0 Å². The summed E-state index contributed by atoms with van der Waals surface area (Å²) in [6.07, 6.45) is 1.26. The highest BCUT2D eigenvalue weighted by atomic mass is 32.2. The molecule has 76 valence electrons. The fraction of sp³-hybridized carbons (Fsp3) is 0.857. The Bertz CT molecular complexity index is 275. The number of ether oxygens (including phenoxy) is 1. The van der Waals surface area contributed by atoms with Gasteiger partial charge >= 0.3 is 5.97 Å². The van der Waals surface area contributed by atoms with Gasteiger partial charge < -0.3 is 9.84 Å². The van der Waals surface area contributed by atoms with Crippen LogP contribution in [0, 0.1) is 0 Å². The summed E-state index contributed by atoms with van der Waals surface area (Å²) in [5, 5.41) is 8.30. The predicted octanol–water partition coefficient (Wildman–Crippen LogP) is -0.335.